The number of rotatable bonds is 6. The molecule has 3 aromatic rings. The fourth-order valence-electron chi connectivity index (χ4n) is 3.15. The van der Waals surface area contributed by atoms with Crippen LogP contribution in [0.1, 0.15) is 17.2 Å². The van der Waals surface area contributed by atoms with E-state index in [2.05, 4.69) is 61.6 Å². The number of benzene rings is 1. The standard InChI is InChI=1S/C18H21N7/c1-2-15(9-19-7-1)18-16(11-22-24-18)10-20-8-14-3-5-17(6-4-14)25-13-21-12-23-25/h1-7,9,12-13,16,18,20,22,24H,8,10-11H2. The number of aromatic nitrogens is 4. The minimum Gasteiger partial charge on any atom is -0.312 e. The van der Waals surface area contributed by atoms with Crippen molar-refractivity contribution in [3.8, 4) is 5.69 Å². The van der Waals surface area contributed by atoms with Gasteiger partial charge in [0, 0.05) is 37.9 Å². The van der Waals surface area contributed by atoms with Crippen molar-refractivity contribution in [1.82, 2.24) is 35.9 Å². The lowest BCUT2D eigenvalue weighted by Crippen LogP contribution is -2.28. The summed E-state index contributed by atoms with van der Waals surface area (Å²) in [7, 11) is 0. The van der Waals surface area contributed by atoms with Gasteiger partial charge in [0.1, 0.15) is 12.7 Å². The molecule has 0 saturated carbocycles. The molecule has 128 valence electrons. The Bertz CT molecular complexity index is 771. The van der Waals surface area contributed by atoms with Crippen LogP contribution in [0.3, 0.4) is 0 Å². The minimum absolute atomic E-state index is 0.288. The Labute approximate surface area is 146 Å². The molecule has 0 radical (unpaired) electrons. The van der Waals surface area contributed by atoms with Crippen molar-refractivity contribution in [3.63, 3.8) is 0 Å². The van der Waals surface area contributed by atoms with E-state index in [0.717, 1.165) is 25.3 Å². The van der Waals surface area contributed by atoms with Crippen LogP contribution in [-0.4, -0.2) is 32.8 Å². The van der Waals surface area contributed by atoms with Crippen LogP contribution in [0, 0.1) is 5.92 Å². The summed E-state index contributed by atoms with van der Waals surface area (Å²) in [6.45, 7) is 2.72. The van der Waals surface area contributed by atoms with Crippen molar-refractivity contribution in [2.24, 2.45) is 5.92 Å². The van der Waals surface area contributed by atoms with E-state index in [0.29, 0.717) is 5.92 Å². The lowest BCUT2D eigenvalue weighted by atomic mass is 9.96. The highest BCUT2D eigenvalue weighted by atomic mass is 15.4. The maximum absolute atomic E-state index is 4.22. The normalized spacial score (nSPS) is 20.0. The zero-order valence-corrected chi connectivity index (χ0v) is 13.8. The van der Waals surface area contributed by atoms with Crippen LogP contribution in [0.25, 0.3) is 5.69 Å². The molecule has 0 bridgehead atoms. The molecule has 7 heteroatoms. The fraction of sp³-hybridized carbons (Fsp3) is 0.278. The number of hydrogen-bond donors (Lipinski definition) is 3. The summed E-state index contributed by atoms with van der Waals surface area (Å²) in [5.41, 5.74) is 10.1. The van der Waals surface area contributed by atoms with Gasteiger partial charge in [0.15, 0.2) is 0 Å². The van der Waals surface area contributed by atoms with Crippen molar-refractivity contribution < 1.29 is 0 Å². The number of nitrogens with zero attached hydrogens (tertiary/aromatic N) is 4. The van der Waals surface area contributed by atoms with Crippen LogP contribution in [0.15, 0.2) is 61.4 Å². The van der Waals surface area contributed by atoms with E-state index in [1.54, 1.807) is 11.0 Å². The highest BCUT2D eigenvalue weighted by molar-refractivity contribution is 5.33. The summed E-state index contributed by atoms with van der Waals surface area (Å²) >= 11 is 0. The molecule has 1 fully saturated rings. The Morgan fingerprint density at radius 3 is 2.84 bits per heavy atom. The third-order valence-electron chi connectivity index (χ3n) is 4.49. The van der Waals surface area contributed by atoms with Gasteiger partial charge >= 0.3 is 0 Å². The third-order valence-corrected chi connectivity index (χ3v) is 4.49. The highest BCUT2D eigenvalue weighted by Gasteiger charge is 2.27. The predicted octanol–water partition coefficient (Wildman–Crippen LogP) is 1.22. The molecule has 1 aliphatic rings. The Balaban J connectivity index is 1.31. The Kier molecular flexibility index (Phi) is 4.78. The second kappa shape index (κ2) is 7.52. The van der Waals surface area contributed by atoms with Crippen LogP contribution < -0.4 is 16.2 Å². The van der Waals surface area contributed by atoms with Gasteiger partial charge in [-0.15, -0.1) is 0 Å². The first-order valence-corrected chi connectivity index (χ1v) is 8.43. The molecule has 1 aromatic carbocycles. The second-order valence-electron chi connectivity index (χ2n) is 6.19. The largest absolute Gasteiger partial charge is 0.312 e. The molecule has 3 N–H and O–H groups in total. The van der Waals surface area contributed by atoms with Gasteiger partial charge in [0.2, 0.25) is 0 Å². The zero-order chi connectivity index (χ0) is 16.9. The molecule has 0 aliphatic carbocycles. The van der Waals surface area contributed by atoms with Crippen molar-refractivity contribution in [2.45, 2.75) is 12.6 Å². The highest BCUT2D eigenvalue weighted by Crippen LogP contribution is 2.23. The molecule has 2 aromatic heterocycles. The van der Waals surface area contributed by atoms with Gasteiger partial charge in [-0.1, -0.05) is 18.2 Å². The van der Waals surface area contributed by atoms with Gasteiger partial charge in [-0.05, 0) is 29.3 Å². The number of hydrogen-bond acceptors (Lipinski definition) is 6. The van der Waals surface area contributed by atoms with Crippen molar-refractivity contribution in [3.05, 3.63) is 72.6 Å². The van der Waals surface area contributed by atoms with Gasteiger partial charge in [0.05, 0.1) is 11.7 Å². The van der Waals surface area contributed by atoms with Crippen molar-refractivity contribution in [2.75, 3.05) is 13.1 Å². The molecule has 0 amide bonds. The van der Waals surface area contributed by atoms with Gasteiger partial charge in [-0.3, -0.25) is 10.4 Å². The maximum atomic E-state index is 4.22. The van der Waals surface area contributed by atoms with E-state index >= 15 is 0 Å². The molecule has 2 unspecified atom stereocenters. The van der Waals surface area contributed by atoms with E-state index in [-0.39, 0.29) is 6.04 Å². The van der Waals surface area contributed by atoms with E-state index < -0.39 is 0 Å². The molecule has 1 aliphatic heterocycles. The minimum atomic E-state index is 0.288. The number of hydrazine groups is 1. The van der Waals surface area contributed by atoms with Crippen LogP contribution >= 0.6 is 0 Å². The maximum Gasteiger partial charge on any atom is 0.138 e. The van der Waals surface area contributed by atoms with Gasteiger partial charge < -0.3 is 5.32 Å². The van der Waals surface area contributed by atoms with Crippen LogP contribution in [0.5, 0.6) is 0 Å². The molecular weight excluding hydrogens is 314 g/mol. The number of nitrogens with one attached hydrogen (secondary N) is 3. The SMILES string of the molecule is c1cncc(C2NNCC2CNCc2ccc(-n3cncn3)cc2)c1. The summed E-state index contributed by atoms with van der Waals surface area (Å²) < 4.78 is 1.76. The first-order chi connectivity index (χ1) is 12.4. The monoisotopic (exact) mass is 335 g/mol. The molecule has 3 heterocycles. The lowest BCUT2D eigenvalue weighted by molar-refractivity contribution is 0.441. The average Bonchev–Trinajstić information content (AvgIpc) is 3.35. The first kappa shape index (κ1) is 15.9. The Morgan fingerprint density at radius 2 is 2.08 bits per heavy atom. The van der Waals surface area contributed by atoms with Gasteiger partial charge in [0.25, 0.3) is 0 Å². The van der Waals surface area contributed by atoms with Crippen molar-refractivity contribution in [1.29, 1.82) is 0 Å². The van der Waals surface area contributed by atoms with E-state index in [1.165, 1.54) is 17.5 Å². The predicted molar refractivity (Wildman–Crippen MR) is 94.7 cm³/mol. The van der Waals surface area contributed by atoms with Crippen LogP contribution in [0.2, 0.25) is 0 Å². The Hall–Kier alpha value is -2.61. The average molecular weight is 335 g/mol. The van der Waals surface area contributed by atoms with Crippen molar-refractivity contribution >= 4 is 0 Å². The van der Waals surface area contributed by atoms with Crippen LogP contribution in [-0.2, 0) is 6.54 Å². The van der Waals surface area contributed by atoms with E-state index in [9.17, 15) is 0 Å². The quantitative estimate of drug-likeness (QED) is 0.628. The van der Waals surface area contributed by atoms with E-state index in [1.807, 2.05) is 18.5 Å². The zero-order valence-electron chi connectivity index (χ0n) is 13.8. The van der Waals surface area contributed by atoms with Crippen LogP contribution in [0.4, 0.5) is 0 Å². The summed E-state index contributed by atoms with van der Waals surface area (Å²) in [4.78, 5) is 8.19. The summed E-state index contributed by atoms with van der Waals surface area (Å²) in [5, 5.41) is 7.70. The van der Waals surface area contributed by atoms with E-state index in [4.69, 9.17) is 0 Å². The summed E-state index contributed by atoms with van der Waals surface area (Å²) in [6.07, 6.45) is 6.98. The fourth-order valence-corrected chi connectivity index (χ4v) is 3.15. The first-order valence-electron chi connectivity index (χ1n) is 8.43. The topological polar surface area (TPSA) is 79.7 Å². The smallest absolute Gasteiger partial charge is 0.138 e. The van der Waals surface area contributed by atoms with Gasteiger partial charge in [-0.25, -0.2) is 15.1 Å². The summed E-state index contributed by atoms with van der Waals surface area (Å²) in [5.74, 6) is 0.485. The molecule has 7 nitrogen and oxygen atoms in total. The number of pyridine rings is 1. The molecule has 0 spiro atoms. The molecule has 2 atom stereocenters. The molecule has 25 heavy (non-hydrogen) atoms. The molecule has 4 rings (SSSR count). The van der Waals surface area contributed by atoms with Gasteiger partial charge in [-0.2, -0.15) is 5.10 Å². The molecular formula is C18H21N7. The second-order valence-corrected chi connectivity index (χ2v) is 6.19. The Morgan fingerprint density at radius 1 is 1.16 bits per heavy atom. The summed E-state index contributed by atoms with van der Waals surface area (Å²) in [6, 6.07) is 12.7. The molecule has 1 saturated heterocycles. The third kappa shape index (κ3) is 3.74. The lowest BCUT2D eigenvalue weighted by Gasteiger charge is -2.19.